The van der Waals surface area contributed by atoms with Crippen LogP contribution in [0.5, 0.6) is 5.75 Å². The molecule has 186 valence electrons. The van der Waals surface area contributed by atoms with Crippen molar-refractivity contribution in [2.24, 2.45) is 0 Å². The SMILES string of the molecule is O=C1S/C(=C/c2cc(Br)c(OCc3ccc(Cl)cc3Cl)c(Br)c2)C(=O)N1Cc1cccc2ccccc12. The lowest BCUT2D eigenvalue weighted by molar-refractivity contribution is -0.123. The van der Waals surface area contributed by atoms with Crippen molar-refractivity contribution in [1.29, 1.82) is 0 Å². The molecule has 4 nitrogen and oxygen atoms in total. The molecule has 0 radical (unpaired) electrons. The van der Waals surface area contributed by atoms with E-state index in [1.165, 1.54) is 4.90 Å². The maximum absolute atomic E-state index is 13.2. The molecule has 0 aromatic heterocycles. The van der Waals surface area contributed by atoms with E-state index < -0.39 is 0 Å². The van der Waals surface area contributed by atoms with Crippen LogP contribution in [-0.4, -0.2) is 16.0 Å². The van der Waals surface area contributed by atoms with Gasteiger partial charge in [0.15, 0.2) is 0 Å². The van der Waals surface area contributed by atoms with Gasteiger partial charge < -0.3 is 4.74 Å². The summed E-state index contributed by atoms with van der Waals surface area (Å²) in [5.41, 5.74) is 2.47. The summed E-state index contributed by atoms with van der Waals surface area (Å²) in [7, 11) is 0. The summed E-state index contributed by atoms with van der Waals surface area (Å²) in [5.74, 6) is 0.278. The second-order valence-corrected chi connectivity index (χ2v) is 11.8. The number of amides is 2. The molecule has 1 fully saturated rings. The molecule has 0 saturated carbocycles. The summed E-state index contributed by atoms with van der Waals surface area (Å²) in [5, 5.41) is 2.88. The van der Waals surface area contributed by atoms with Crippen LogP contribution in [0, 0.1) is 0 Å². The zero-order chi connectivity index (χ0) is 26.1. The maximum Gasteiger partial charge on any atom is 0.293 e. The van der Waals surface area contributed by atoms with E-state index in [2.05, 4.69) is 31.9 Å². The van der Waals surface area contributed by atoms with E-state index in [1.807, 2.05) is 60.7 Å². The number of halogens is 4. The Hall–Kier alpha value is -2.29. The number of rotatable bonds is 6. The third-order valence-electron chi connectivity index (χ3n) is 5.79. The number of ether oxygens (including phenoxy) is 1. The van der Waals surface area contributed by atoms with Gasteiger partial charge in [-0.3, -0.25) is 14.5 Å². The van der Waals surface area contributed by atoms with Gasteiger partial charge >= 0.3 is 0 Å². The molecule has 0 N–H and O–H groups in total. The summed E-state index contributed by atoms with van der Waals surface area (Å²) in [6, 6.07) is 22.7. The van der Waals surface area contributed by atoms with E-state index in [0.717, 1.165) is 39.2 Å². The maximum atomic E-state index is 13.2. The fourth-order valence-electron chi connectivity index (χ4n) is 3.98. The van der Waals surface area contributed by atoms with Crippen molar-refractivity contribution in [2.45, 2.75) is 13.2 Å². The third kappa shape index (κ3) is 5.76. The fourth-order valence-corrected chi connectivity index (χ4v) is 6.73. The largest absolute Gasteiger partial charge is 0.486 e. The van der Waals surface area contributed by atoms with Crippen molar-refractivity contribution >= 4 is 94.8 Å². The van der Waals surface area contributed by atoms with Gasteiger partial charge in [0.05, 0.1) is 20.4 Å². The number of carbonyl (C=O) groups is 2. The molecule has 0 unspecified atom stereocenters. The second-order valence-electron chi connectivity index (χ2n) is 8.24. The van der Waals surface area contributed by atoms with E-state index in [0.29, 0.717) is 29.6 Å². The van der Waals surface area contributed by atoms with Crippen molar-refractivity contribution in [3.8, 4) is 5.75 Å². The molecule has 1 heterocycles. The van der Waals surface area contributed by atoms with E-state index in [1.54, 1.807) is 18.2 Å². The Kier molecular flexibility index (Phi) is 7.98. The van der Waals surface area contributed by atoms with Crippen molar-refractivity contribution < 1.29 is 14.3 Å². The number of carbonyl (C=O) groups excluding carboxylic acids is 2. The minimum Gasteiger partial charge on any atom is -0.486 e. The fraction of sp³-hybridized carbons (Fsp3) is 0.0714. The number of fused-ring (bicyclic) bond motifs is 1. The van der Waals surface area contributed by atoms with Gasteiger partial charge in [0.25, 0.3) is 11.1 Å². The Morgan fingerprint density at radius 1 is 0.892 bits per heavy atom. The quantitative estimate of drug-likeness (QED) is 0.191. The van der Waals surface area contributed by atoms with Crippen LogP contribution >= 0.6 is 66.8 Å². The Morgan fingerprint density at radius 3 is 2.38 bits per heavy atom. The monoisotopic (exact) mass is 675 g/mol. The molecule has 2 amide bonds. The number of nitrogens with zero attached hydrogens (tertiary/aromatic N) is 1. The highest BCUT2D eigenvalue weighted by molar-refractivity contribution is 9.11. The zero-order valence-electron chi connectivity index (χ0n) is 19.0. The van der Waals surface area contributed by atoms with Crippen molar-refractivity contribution in [2.75, 3.05) is 0 Å². The zero-order valence-corrected chi connectivity index (χ0v) is 24.5. The number of imide groups is 1. The molecule has 0 atom stereocenters. The molecule has 1 aliphatic rings. The molecule has 1 saturated heterocycles. The highest BCUT2D eigenvalue weighted by Crippen LogP contribution is 2.39. The number of hydrogen-bond donors (Lipinski definition) is 0. The van der Waals surface area contributed by atoms with E-state index in [4.69, 9.17) is 27.9 Å². The molecule has 9 heteroatoms. The lowest BCUT2D eigenvalue weighted by atomic mass is 10.0. The van der Waals surface area contributed by atoms with Gasteiger partial charge in [-0.15, -0.1) is 0 Å². The summed E-state index contributed by atoms with van der Waals surface area (Å²) >= 11 is 20.3. The van der Waals surface area contributed by atoms with Crippen LogP contribution in [0.15, 0.2) is 86.6 Å². The molecule has 0 spiro atoms. The average molecular weight is 678 g/mol. The van der Waals surface area contributed by atoms with Gasteiger partial charge in [0.2, 0.25) is 0 Å². The first-order valence-corrected chi connectivity index (χ1v) is 14.2. The minimum atomic E-state index is -0.312. The molecule has 1 aliphatic heterocycles. The molecule has 4 aromatic carbocycles. The highest BCUT2D eigenvalue weighted by Gasteiger charge is 2.35. The van der Waals surface area contributed by atoms with Gasteiger partial charge in [0, 0.05) is 15.6 Å². The Morgan fingerprint density at radius 2 is 1.62 bits per heavy atom. The van der Waals surface area contributed by atoms with Crippen LogP contribution in [-0.2, 0) is 17.9 Å². The lowest BCUT2D eigenvalue weighted by Gasteiger charge is -2.14. The lowest BCUT2D eigenvalue weighted by Crippen LogP contribution is -2.27. The molecule has 5 rings (SSSR count). The number of thioether (sulfide) groups is 1. The Labute approximate surface area is 244 Å². The predicted molar refractivity (Wildman–Crippen MR) is 158 cm³/mol. The van der Waals surface area contributed by atoms with E-state index >= 15 is 0 Å². The Balaban J connectivity index is 1.34. The summed E-state index contributed by atoms with van der Waals surface area (Å²) in [4.78, 5) is 27.6. The highest BCUT2D eigenvalue weighted by atomic mass is 79.9. The first-order valence-electron chi connectivity index (χ1n) is 11.1. The van der Waals surface area contributed by atoms with Gasteiger partial charge in [-0.25, -0.2) is 0 Å². The molecule has 37 heavy (non-hydrogen) atoms. The Bertz CT molecular complexity index is 1560. The van der Waals surface area contributed by atoms with Crippen molar-refractivity contribution in [3.05, 3.63) is 113 Å². The first-order chi connectivity index (χ1) is 17.8. The smallest absolute Gasteiger partial charge is 0.293 e. The second kappa shape index (κ2) is 11.2. The first kappa shape index (κ1) is 26.3. The van der Waals surface area contributed by atoms with Crippen LogP contribution in [0.2, 0.25) is 10.0 Å². The van der Waals surface area contributed by atoms with E-state index in [9.17, 15) is 9.59 Å². The normalized spacial score (nSPS) is 14.7. The van der Waals surface area contributed by atoms with Gasteiger partial charge in [-0.1, -0.05) is 71.7 Å². The van der Waals surface area contributed by atoms with Crippen LogP contribution in [0.4, 0.5) is 4.79 Å². The summed E-state index contributed by atoms with van der Waals surface area (Å²) in [6.45, 7) is 0.469. The molecule has 0 aliphatic carbocycles. The third-order valence-corrected chi connectivity index (χ3v) is 8.46. The molecular formula is C28H17Br2Cl2NO3S. The standard InChI is InChI=1S/C28H17Br2Cl2NO3S/c29-22-10-16(11-23(30)26(22)36-15-19-8-9-20(31)13-24(19)32)12-25-27(34)33(28(35)37-25)14-18-6-3-5-17-4-1-2-7-21(17)18/h1-13H,14-15H2/b25-12+. The molecule has 4 aromatic rings. The minimum absolute atomic E-state index is 0.219. The van der Waals surface area contributed by atoms with Gasteiger partial charge in [0.1, 0.15) is 12.4 Å². The van der Waals surface area contributed by atoms with E-state index in [-0.39, 0.29) is 24.3 Å². The summed E-state index contributed by atoms with van der Waals surface area (Å²) < 4.78 is 7.36. The van der Waals surface area contributed by atoms with Crippen LogP contribution in [0.3, 0.4) is 0 Å². The molecule has 0 bridgehead atoms. The number of hydrogen-bond acceptors (Lipinski definition) is 4. The van der Waals surface area contributed by atoms with Crippen LogP contribution in [0.1, 0.15) is 16.7 Å². The summed E-state index contributed by atoms with van der Waals surface area (Å²) in [6.07, 6.45) is 1.71. The van der Waals surface area contributed by atoms with Crippen LogP contribution < -0.4 is 4.74 Å². The van der Waals surface area contributed by atoms with Gasteiger partial charge in [-0.2, -0.15) is 0 Å². The van der Waals surface area contributed by atoms with Crippen molar-refractivity contribution in [1.82, 2.24) is 4.90 Å². The van der Waals surface area contributed by atoms with Crippen molar-refractivity contribution in [3.63, 3.8) is 0 Å². The van der Waals surface area contributed by atoms with Crippen LogP contribution in [0.25, 0.3) is 16.8 Å². The van der Waals surface area contributed by atoms with Gasteiger partial charge in [-0.05, 0) is 95.9 Å². The average Bonchev–Trinajstić information content (AvgIpc) is 3.12. The predicted octanol–water partition coefficient (Wildman–Crippen LogP) is 9.49. The molecular weight excluding hydrogens is 661 g/mol. The number of benzene rings is 4. The topological polar surface area (TPSA) is 46.6 Å².